The van der Waals surface area contributed by atoms with Gasteiger partial charge in [-0.15, -0.1) is 0 Å². The van der Waals surface area contributed by atoms with Crippen LogP contribution in [0.3, 0.4) is 0 Å². The van der Waals surface area contributed by atoms with Crippen LogP contribution in [0.2, 0.25) is 0 Å². The van der Waals surface area contributed by atoms with Crippen molar-refractivity contribution in [2.75, 3.05) is 19.6 Å². The Labute approximate surface area is 150 Å². The van der Waals surface area contributed by atoms with Crippen molar-refractivity contribution >= 4 is 5.97 Å². The number of carbonyl (C=O) groups is 1. The molecule has 0 aromatic heterocycles. The average Bonchev–Trinajstić information content (AvgIpc) is 2.64. The van der Waals surface area contributed by atoms with E-state index in [9.17, 15) is 4.79 Å². The van der Waals surface area contributed by atoms with E-state index in [1.807, 2.05) is 67.6 Å². The second kappa shape index (κ2) is 8.82. The van der Waals surface area contributed by atoms with Crippen LogP contribution in [0.5, 0.6) is 0 Å². The summed E-state index contributed by atoms with van der Waals surface area (Å²) in [5.41, 5.74) is 1.97. The number of piperidine rings is 1. The molecule has 0 spiro atoms. The molecule has 1 N–H and O–H groups in total. The van der Waals surface area contributed by atoms with Crippen molar-refractivity contribution in [3.05, 3.63) is 71.8 Å². The van der Waals surface area contributed by atoms with Gasteiger partial charge in [-0.05, 0) is 37.3 Å². The van der Waals surface area contributed by atoms with Crippen LogP contribution in [0.1, 0.15) is 43.2 Å². The molecule has 0 saturated carbocycles. The summed E-state index contributed by atoms with van der Waals surface area (Å²) in [6.45, 7) is 5.32. The summed E-state index contributed by atoms with van der Waals surface area (Å²) in [5.74, 6) is -0.512. The van der Waals surface area contributed by atoms with E-state index in [1.165, 1.54) is 32.4 Å². The van der Waals surface area contributed by atoms with Gasteiger partial charge in [-0.3, -0.25) is 4.79 Å². The number of nitrogens with one attached hydrogen (secondary N) is 1. The number of rotatable bonds is 6. The molecule has 2 aromatic rings. The number of ether oxygens (including phenoxy) is 1. The number of benzene rings is 2. The minimum Gasteiger partial charge on any atom is -0.456 e. The summed E-state index contributed by atoms with van der Waals surface area (Å²) in [6.07, 6.45) is 3.84. The van der Waals surface area contributed by atoms with Gasteiger partial charge in [-0.1, -0.05) is 60.7 Å². The van der Waals surface area contributed by atoms with Gasteiger partial charge in [0.25, 0.3) is 0 Å². The first-order valence-corrected chi connectivity index (χ1v) is 9.38. The van der Waals surface area contributed by atoms with Crippen LogP contribution in [0.25, 0.3) is 0 Å². The Balaban J connectivity index is 1.71. The van der Waals surface area contributed by atoms with Crippen LogP contribution >= 0.6 is 0 Å². The Bertz CT molecular complexity index is 611. The maximum atomic E-state index is 13.0. The van der Waals surface area contributed by atoms with Crippen molar-refractivity contribution < 1.29 is 14.4 Å². The number of quaternary nitrogens is 1. The molecular formula is C22H28NO2+. The SMILES string of the molecule is CC(C[NH+]1CCCCC1)OC(=O)C(c1ccccc1)c1ccccc1. The lowest BCUT2D eigenvalue weighted by Gasteiger charge is -2.27. The van der Waals surface area contributed by atoms with Crippen LogP contribution in [0.15, 0.2) is 60.7 Å². The molecule has 3 nitrogen and oxygen atoms in total. The van der Waals surface area contributed by atoms with E-state index < -0.39 is 0 Å². The zero-order valence-corrected chi connectivity index (χ0v) is 15.0. The first-order chi connectivity index (χ1) is 12.2. The van der Waals surface area contributed by atoms with Gasteiger partial charge in [0.1, 0.15) is 18.6 Å². The van der Waals surface area contributed by atoms with Crippen molar-refractivity contribution in [2.24, 2.45) is 0 Å². The van der Waals surface area contributed by atoms with E-state index in [-0.39, 0.29) is 18.0 Å². The molecule has 2 aromatic carbocycles. The molecule has 132 valence electrons. The summed E-state index contributed by atoms with van der Waals surface area (Å²) in [7, 11) is 0. The fourth-order valence-corrected chi connectivity index (χ4v) is 3.73. The molecule has 1 atom stereocenters. The lowest BCUT2D eigenvalue weighted by atomic mass is 9.91. The second-order valence-corrected chi connectivity index (χ2v) is 7.02. The maximum Gasteiger partial charge on any atom is 0.318 e. The summed E-state index contributed by atoms with van der Waals surface area (Å²) in [5, 5.41) is 0. The maximum absolute atomic E-state index is 13.0. The van der Waals surface area contributed by atoms with Crippen molar-refractivity contribution in [2.45, 2.75) is 38.2 Å². The quantitative estimate of drug-likeness (QED) is 0.821. The van der Waals surface area contributed by atoms with E-state index in [0.29, 0.717) is 0 Å². The van der Waals surface area contributed by atoms with Crippen LogP contribution in [0.4, 0.5) is 0 Å². The first kappa shape index (κ1) is 17.7. The lowest BCUT2D eigenvalue weighted by Crippen LogP contribution is -3.13. The minimum absolute atomic E-state index is 0.0597. The number of carbonyl (C=O) groups excluding carboxylic acids is 1. The molecule has 0 bridgehead atoms. The molecule has 1 heterocycles. The molecule has 3 heteroatoms. The first-order valence-electron chi connectivity index (χ1n) is 9.38. The van der Waals surface area contributed by atoms with Crippen LogP contribution in [-0.4, -0.2) is 31.7 Å². The molecule has 1 saturated heterocycles. The number of esters is 1. The minimum atomic E-state index is -0.360. The van der Waals surface area contributed by atoms with Gasteiger partial charge in [-0.25, -0.2) is 0 Å². The molecule has 0 radical (unpaired) electrons. The Morgan fingerprint density at radius 1 is 0.920 bits per heavy atom. The Morgan fingerprint density at radius 3 is 1.96 bits per heavy atom. The molecule has 0 aliphatic carbocycles. The highest BCUT2D eigenvalue weighted by Gasteiger charge is 2.27. The zero-order chi connectivity index (χ0) is 17.5. The van der Waals surface area contributed by atoms with Gasteiger partial charge in [0.2, 0.25) is 0 Å². The van der Waals surface area contributed by atoms with E-state index in [4.69, 9.17) is 4.74 Å². The van der Waals surface area contributed by atoms with Gasteiger partial charge in [0.15, 0.2) is 0 Å². The van der Waals surface area contributed by atoms with Crippen LogP contribution in [-0.2, 0) is 9.53 Å². The van der Waals surface area contributed by atoms with Gasteiger partial charge >= 0.3 is 5.97 Å². The molecule has 1 unspecified atom stereocenters. The molecule has 0 amide bonds. The molecule has 3 rings (SSSR count). The highest BCUT2D eigenvalue weighted by atomic mass is 16.5. The van der Waals surface area contributed by atoms with E-state index >= 15 is 0 Å². The van der Waals surface area contributed by atoms with Crippen LogP contribution in [0, 0.1) is 0 Å². The third kappa shape index (κ3) is 4.93. The normalized spacial score (nSPS) is 16.6. The number of hydrogen-bond donors (Lipinski definition) is 1. The molecule has 1 fully saturated rings. The lowest BCUT2D eigenvalue weighted by molar-refractivity contribution is -0.907. The molecular weight excluding hydrogens is 310 g/mol. The number of likely N-dealkylation sites (tertiary alicyclic amines) is 1. The van der Waals surface area contributed by atoms with Gasteiger partial charge < -0.3 is 9.64 Å². The highest BCUT2D eigenvalue weighted by Crippen LogP contribution is 2.26. The highest BCUT2D eigenvalue weighted by molar-refractivity contribution is 5.82. The van der Waals surface area contributed by atoms with Crippen molar-refractivity contribution in [3.8, 4) is 0 Å². The zero-order valence-electron chi connectivity index (χ0n) is 15.0. The van der Waals surface area contributed by atoms with Gasteiger partial charge in [-0.2, -0.15) is 0 Å². The van der Waals surface area contributed by atoms with Crippen molar-refractivity contribution in [1.82, 2.24) is 0 Å². The second-order valence-electron chi connectivity index (χ2n) is 7.02. The van der Waals surface area contributed by atoms with E-state index in [1.54, 1.807) is 4.90 Å². The fourth-order valence-electron chi connectivity index (χ4n) is 3.73. The molecule has 1 aliphatic rings. The van der Waals surface area contributed by atoms with Crippen molar-refractivity contribution in [1.29, 1.82) is 0 Å². The number of hydrogen-bond acceptors (Lipinski definition) is 2. The standard InChI is InChI=1S/C22H27NO2/c1-18(17-23-15-9-4-10-16-23)25-22(24)21(19-11-5-2-6-12-19)20-13-7-3-8-14-20/h2-3,5-8,11-14,18,21H,4,9-10,15-17H2,1H3/p+1. The largest absolute Gasteiger partial charge is 0.456 e. The Hall–Kier alpha value is -2.13. The Morgan fingerprint density at radius 2 is 1.44 bits per heavy atom. The summed E-state index contributed by atoms with van der Waals surface area (Å²) in [6, 6.07) is 19.8. The Kier molecular flexibility index (Phi) is 6.24. The van der Waals surface area contributed by atoms with Crippen molar-refractivity contribution in [3.63, 3.8) is 0 Å². The fraction of sp³-hybridized carbons (Fsp3) is 0.409. The third-order valence-corrected chi connectivity index (χ3v) is 4.96. The average molecular weight is 338 g/mol. The smallest absolute Gasteiger partial charge is 0.318 e. The van der Waals surface area contributed by atoms with E-state index in [2.05, 4.69) is 0 Å². The van der Waals surface area contributed by atoms with Crippen LogP contribution < -0.4 is 4.90 Å². The predicted octanol–water partition coefficient (Wildman–Crippen LogP) is 2.82. The summed E-state index contributed by atoms with van der Waals surface area (Å²) >= 11 is 0. The molecule has 25 heavy (non-hydrogen) atoms. The van der Waals surface area contributed by atoms with E-state index in [0.717, 1.165) is 17.7 Å². The van der Waals surface area contributed by atoms with Gasteiger partial charge in [0, 0.05) is 0 Å². The summed E-state index contributed by atoms with van der Waals surface area (Å²) < 4.78 is 5.86. The molecule has 1 aliphatic heterocycles. The van der Waals surface area contributed by atoms with Gasteiger partial charge in [0.05, 0.1) is 13.1 Å². The summed E-state index contributed by atoms with van der Waals surface area (Å²) in [4.78, 5) is 14.5. The topological polar surface area (TPSA) is 30.7 Å². The third-order valence-electron chi connectivity index (χ3n) is 4.96. The monoisotopic (exact) mass is 338 g/mol. The predicted molar refractivity (Wildman–Crippen MR) is 99.7 cm³/mol.